The van der Waals surface area contributed by atoms with E-state index in [-0.39, 0.29) is 0 Å². The molecule has 53 valence electrons. The summed E-state index contributed by atoms with van der Waals surface area (Å²) in [6.45, 7) is 9.96. The third-order valence-corrected chi connectivity index (χ3v) is 1.97. The topological polar surface area (TPSA) is 0 Å². The largest absolute Gasteiger partial charge is 0.131 e. The van der Waals surface area contributed by atoms with E-state index in [1.165, 1.54) is 12.8 Å². The monoisotopic (exact) mass is 143 g/mol. The zero-order valence-corrected chi connectivity index (χ0v) is 7.13. The lowest BCUT2D eigenvalue weighted by atomic mass is 10.2. The number of allylic oxidation sites excluding steroid dienone is 1. The maximum atomic E-state index is 5.65. The van der Waals surface area contributed by atoms with E-state index in [1.807, 2.05) is 0 Å². The van der Waals surface area contributed by atoms with E-state index in [9.17, 15) is 0 Å². The second kappa shape index (κ2) is 6.21. The number of hydrogen-bond donors (Lipinski definition) is 0. The Kier molecular flexibility index (Phi) is 6.28. The van der Waals surface area contributed by atoms with Crippen LogP contribution in [0.5, 0.6) is 0 Å². The Labute approximate surface area is 62.7 Å². The van der Waals surface area contributed by atoms with Crippen LogP contribution < -0.4 is 0 Å². The second-order valence-corrected chi connectivity index (χ2v) is 3.39. The maximum absolute atomic E-state index is 5.65. The first kappa shape index (κ1) is 9.09. The van der Waals surface area contributed by atoms with Crippen LogP contribution in [0.25, 0.3) is 0 Å². The molecule has 9 heavy (non-hydrogen) atoms. The lowest BCUT2D eigenvalue weighted by Gasteiger charge is -1.99. The van der Waals surface area contributed by atoms with Gasteiger partial charge in [0.1, 0.15) is 0 Å². The highest BCUT2D eigenvalue weighted by molar-refractivity contribution is 8.02. The molecule has 0 unspecified atom stereocenters. The Morgan fingerprint density at radius 3 is 2.56 bits per heavy atom. The summed E-state index contributed by atoms with van der Waals surface area (Å²) in [7, 11) is 0. The normalized spacial score (nSPS) is 9.56. The number of hydrogen-bond acceptors (Lipinski definition) is 1. The molecule has 0 aromatic heterocycles. The van der Waals surface area contributed by atoms with Crippen LogP contribution in [0, 0.1) is 6.58 Å². The first-order valence-electron chi connectivity index (χ1n) is 3.55. The van der Waals surface area contributed by atoms with Gasteiger partial charge in [-0.2, -0.15) is 0 Å². The van der Waals surface area contributed by atoms with Gasteiger partial charge in [-0.3, -0.25) is 0 Å². The first-order valence-corrected chi connectivity index (χ1v) is 4.53. The Hall–Kier alpha value is 0.0900. The SMILES string of the molecule is [CH]=C(CCCC)SCC. The maximum Gasteiger partial charge on any atom is -0.00517 e. The predicted octanol–water partition coefficient (Wildman–Crippen LogP) is 3.25. The molecule has 0 nitrogen and oxygen atoms in total. The van der Waals surface area contributed by atoms with Crippen LogP contribution in [0.15, 0.2) is 4.91 Å². The molecule has 0 aromatic rings. The molecule has 0 aromatic carbocycles. The quantitative estimate of drug-likeness (QED) is 0.569. The molecule has 0 aliphatic heterocycles. The van der Waals surface area contributed by atoms with Gasteiger partial charge in [-0.25, -0.2) is 0 Å². The van der Waals surface area contributed by atoms with Gasteiger partial charge >= 0.3 is 0 Å². The van der Waals surface area contributed by atoms with Crippen LogP contribution in [0.4, 0.5) is 0 Å². The van der Waals surface area contributed by atoms with Crippen molar-refractivity contribution in [1.82, 2.24) is 0 Å². The van der Waals surface area contributed by atoms with E-state index in [2.05, 4.69) is 13.8 Å². The van der Waals surface area contributed by atoms with Gasteiger partial charge in [-0.05, 0) is 23.5 Å². The minimum absolute atomic E-state index is 1.09. The van der Waals surface area contributed by atoms with Crippen molar-refractivity contribution in [3.8, 4) is 0 Å². The van der Waals surface area contributed by atoms with Gasteiger partial charge in [0, 0.05) is 0 Å². The van der Waals surface area contributed by atoms with Crippen molar-refractivity contribution in [3.63, 3.8) is 0 Å². The summed E-state index contributed by atoms with van der Waals surface area (Å²) in [5.74, 6) is 1.11. The Balaban J connectivity index is 3.06. The van der Waals surface area contributed by atoms with Crippen molar-refractivity contribution < 1.29 is 0 Å². The molecule has 1 heteroatoms. The third kappa shape index (κ3) is 5.97. The number of rotatable bonds is 5. The minimum atomic E-state index is 1.09. The van der Waals surface area contributed by atoms with E-state index >= 15 is 0 Å². The number of thioether (sulfide) groups is 1. The van der Waals surface area contributed by atoms with Crippen molar-refractivity contribution in [2.24, 2.45) is 0 Å². The molecule has 0 rings (SSSR count). The van der Waals surface area contributed by atoms with Gasteiger partial charge in [0.2, 0.25) is 0 Å². The van der Waals surface area contributed by atoms with Crippen LogP contribution >= 0.6 is 11.8 Å². The fourth-order valence-electron chi connectivity index (χ4n) is 0.609. The van der Waals surface area contributed by atoms with E-state index in [1.54, 1.807) is 11.8 Å². The molecule has 0 spiro atoms. The van der Waals surface area contributed by atoms with Crippen molar-refractivity contribution in [3.05, 3.63) is 11.5 Å². The molecule has 1 radical (unpaired) electrons. The Morgan fingerprint density at radius 2 is 2.11 bits per heavy atom. The Morgan fingerprint density at radius 1 is 1.44 bits per heavy atom. The molecule has 0 N–H and O–H groups in total. The molecular formula is C8H15S. The predicted molar refractivity (Wildman–Crippen MR) is 45.5 cm³/mol. The van der Waals surface area contributed by atoms with Gasteiger partial charge in [0.05, 0.1) is 0 Å². The highest BCUT2D eigenvalue weighted by Gasteiger charge is 1.90. The molecule has 0 saturated carbocycles. The van der Waals surface area contributed by atoms with E-state index < -0.39 is 0 Å². The lowest BCUT2D eigenvalue weighted by molar-refractivity contribution is 0.809. The van der Waals surface area contributed by atoms with Crippen LogP contribution in [0.2, 0.25) is 0 Å². The molecule has 0 aliphatic carbocycles. The average Bonchev–Trinajstić information content (AvgIpc) is 1.85. The van der Waals surface area contributed by atoms with Gasteiger partial charge < -0.3 is 0 Å². The average molecular weight is 143 g/mol. The molecule has 0 bridgehead atoms. The van der Waals surface area contributed by atoms with Crippen LogP contribution in [0.3, 0.4) is 0 Å². The summed E-state index contributed by atoms with van der Waals surface area (Å²) >= 11 is 1.77. The van der Waals surface area contributed by atoms with Crippen LogP contribution in [-0.2, 0) is 0 Å². The van der Waals surface area contributed by atoms with Crippen molar-refractivity contribution in [2.75, 3.05) is 5.75 Å². The van der Waals surface area contributed by atoms with Gasteiger partial charge in [-0.1, -0.05) is 26.8 Å². The summed E-state index contributed by atoms with van der Waals surface area (Å²) < 4.78 is 0. The highest BCUT2D eigenvalue weighted by atomic mass is 32.2. The molecule has 0 fully saturated rings. The van der Waals surface area contributed by atoms with Crippen molar-refractivity contribution >= 4 is 11.8 Å². The molecule has 0 saturated heterocycles. The van der Waals surface area contributed by atoms with E-state index in [0.717, 1.165) is 17.1 Å². The second-order valence-electron chi connectivity index (χ2n) is 2.00. The van der Waals surface area contributed by atoms with Gasteiger partial charge in [-0.15, -0.1) is 11.8 Å². The smallest absolute Gasteiger partial charge is 0.00517 e. The summed E-state index contributed by atoms with van der Waals surface area (Å²) in [6.07, 6.45) is 3.57. The standard InChI is InChI=1S/C8H15S/c1-4-6-7-8(3)9-5-2/h3H,4-7H2,1-2H3. The van der Waals surface area contributed by atoms with Crippen LogP contribution in [0.1, 0.15) is 33.1 Å². The lowest BCUT2D eigenvalue weighted by Crippen LogP contribution is -1.76. The Bertz CT molecular complexity index is 76.6. The van der Waals surface area contributed by atoms with Crippen molar-refractivity contribution in [1.29, 1.82) is 0 Å². The molecule has 0 heterocycles. The molecule has 0 aliphatic rings. The summed E-state index contributed by atoms with van der Waals surface area (Å²) in [6, 6.07) is 0. The summed E-state index contributed by atoms with van der Waals surface area (Å²) in [4.78, 5) is 1.10. The van der Waals surface area contributed by atoms with E-state index in [4.69, 9.17) is 6.58 Å². The molecular weight excluding hydrogens is 128 g/mol. The van der Waals surface area contributed by atoms with Crippen LogP contribution in [-0.4, -0.2) is 5.75 Å². The van der Waals surface area contributed by atoms with Gasteiger partial charge in [0.15, 0.2) is 0 Å². The molecule has 0 amide bonds. The third-order valence-electron chi connectivity index (χ3n) is 1.11. The number of unbranched alkanes of at least 4 members (excludes halogenated alkanes) is 1. The minimum Gasteiger partial charge on any atom is -0.131 e. The highest BCUT2D eigenvalue weighted by Crippen LogP contribution is 2.18. The summed E-state index contributed by atoms with van der Waals surface area (Å²) in [5.41, 5.74) is 0. The zero-order chi connectivity index (χ0) is 7.11. The zero-order valence-electron chi connectivity index (χ0n) is 6.31. The first-order chi connectivity index (χ1) is 4.31. The molecule has 0 atom stereocenters. The fourth-order valence-corrected chi connectivity index (χ4v) is 1.27. The van der Waals surface area contributed by atoms with Crippen molar-refractivity contribution in [2.45, 2.75) is 33.1 Å². The van der Waals surface area contributed by atoms with E-state index in [0.29, 0.717) is 0 Å². The fraction of sp³-hybridized carbons (Fsp3) is 0.750. The van der Waals surface area contributed by atoms with Gasteiger partial charge in [0.25, 0.3) is 0 Å². The summed E-state index contributed by atoms with van der Waals surface area (Å²) in [5, 5.41) is 0.